The Hall–Kier alpha value is -2.37. The van der Waals surface area contributed by atoms with E-state index in [0.29, 0.717) is 16.6 Å². The number of H-pyrrole nitrogens is 1. The van der Waals surface area contributed by atoms with Crippen molar-refractivity contribution in [3.8, 4) is 0 Å². The summed E-state index contributed by atoms with van der Waals surface area (Å²) < 4.78 is 13.1. The number of hydrogen-bond acceptors (Lipinski definition) is 2. The molecule has 1 fully saturated rings. The molecule has 3 rings (SSSR count). The summed E-state index contributed by atoms with van der Waals surface area (Å²) in [5.74, 6) is -0.778. The van der Waals surface area contributed by atoms with E-state index < -0.39 is 0 Å². The van der Waals surface area contributed by atoms with Crippen molar-refractivity contribution in [1.82, 2.24) is 15.2 Å². The van der Waals surface area contributed by atoms with Crippen LogP contribution in [-0.4, -0.2) is 41.3 Å². The number of carbonyl (C=O) groups excluding carboxylic acids is 2. The highest BCUT2D eigenvalue weighted by atomic mass is 19.1. The van der Waals surface area contributed by atoms with Crippen LogP contribution >= 0.6 is 0 Å². The second-order valence-corrected chi connectivity index (χ2v) is 5.19. The van der Waals surface area contributed by atoms with Crippen molar-refractivity contribution in [2.75, 3.05) is 19.6 Å². The van der Waals surface area contributed by atoms with Crippen LogP contribution in [0.15, 0.2) is 24.3 Å². The Kier molecular flexibility index (Phi) is 3.60. The summed E-state index contributed by atoms with van der Waals surface area (Å²) in [4.78, 5) is 28.5. The highest BCUT2D eigenvalue weighted by molar-refractivity contribution is 5.99. The third kappa shape index (κ3) is 2.89. The number of carbonyl (C=O) groups is 2. The number of aromatic amines is 1. The van der Waals surface area contributed by atoms with Crippen LogP contribution in [0.1, 0.15) is 23.3 Å². The molecule has 0 atom stereocenters. The van der Waals surface area contributed by atoms with Crippen molar-refractivity contribution in [3.05, 3.63) is 35.8 Å². The molecule has 1 aromatic heterocycles. The molecule has 2 heterocycles. The second kappa shape index (κ2) is 5.55. The van der Waals surface area contributed by atoms with Crippen molar-refractivity contribution < 1.29 is 14.0 Å². The van der Waals surface area contributed by atoms with Gasteiger partial charge in [-0.25, -0.2) is 4.39 Å². The fourth-order valence-electron chi connectivity index (χ4n) is 2.56. The number of fused-ring (bicyclic) bond motifs is 1. The van der Waals surface area contributed by atoms with Gasteiger partial charge in [0.2, 0.25) is 5.91 Å². The van der Waals surface area contributed by atoms with Gasteiger partial charge in [0.05, 0.1) is 6.54 Å². The van der Waals surface area contributed by atoms with Gasteiger partial charge in [0.25, 0.3) is 5.91 Å². The Labute approximate surface area is 121 Å². The molecule has 1 aliphatic heterocycles. The van der Waals surface area contributed by atoms with Gasteiger partial charge in [0.15, 0.2) is 0 Å². The molecule has 0 saturated carbocycles. The second-order valence-electron chi connectivity index (χ2n) is 5.19. The number of likely N-dealkylation sites (tertiary alicyclic amines) is 1. The van der Waals surface area contributed by atoms with E-state index in [4.69, 9.17) is 0 Å². The van der Waals surface area contributed by atoms with E-state index in [1.165, 1.54) is 12.1 Å². The van der Waals surface area contributed by atoms with Crippen molar-refractivity contribution in [1.29, 1.82) is 0 Å². The maximum absolute atomic E-state index is 13.1. The van der Waals surface area contributed by atoms with Crippen LogP contribution in [0.2, 0.25) is 0 Å². The van der Waals surface area contributed by atoms with E-state index >= 15 is 0 Å². The van der Waals surface area contributed by atoms with Gasteiger partial charge in [-0.2, -0.15) is 0 Å². The topological polar surface area (TPSA) is 65.2 Å². The van der Waals surface area contributed by atoms with Crippen molar-refractivity contribution in [3.63, 3.8) is 0 Å². The molecule has 1 saturated heterocycles. The first-order valence-corrected chi connectivity index (χ1v) is 6.98. The van der Waals surface area contributed by atoms with E-state index in [-0.39, 0.29) is 24.2 Å². The summed E-state index contributed by atoms with van der Waals surface area (Å²) in [6.07, 6.45) is 2.04. The molecule has 2 aromatic rings. The summed E-state index contributed by atoms with van der Waals surface area (Å²) in [6, 6.07) is 5.85. The molecule has 2 amide bonds. The number of nitrogens with zero attached hydrogens (tertiary/aromatic N) is 1. The summed E-state index contributed by atoms with van der Waals surface area (Å²) in [5.41, 5.74) is 1.01. The maximum Gasteiger partial charge on any atom is 0.268 e. The van der Waals surface area contributed by atoms with Crippen molar-refractivity contribution in [2.24, 2.45) is 0 Å². The summed E-state index contributed by atoms with van der Waals surface area (Å²) >= 11 is 0. The predicted octanol–water partition coefficient (Wildman–Crippen LogP) is 1.66. The normalized spacial score (nSPS) is 14.6. The van der Waals surface area contributed by atoms with Crippen LogP contribution in [0.25, 0.3) is 10.9 Å². The lowest BCUT2D eigenvalue weighted by Gasteiger charge is -2.15. The Bertz CT molecular complexity index is 689. The minimum Gasteiger partial charge on any atom is -0.351 e. The Balaban J connectivity index is 1.65. The van der Waals surface area contributed by atoms with Gasteiger partial charge in [0, 0.05) is 24.0 Å². The van der Waals surface area contributed by atoms with Crippen LogP contribution in [0, 0.1) is 5.82 Å². The molecular formula is C15H16FN3O2. The van der Waals surface area contributed by atoms with Crippen LogP contribution < -0.4 is 5.32 Å². The van der Waals surface area contributed by atoms with Gasteiger partial charge >= 0.3 is 0 Å². The fraction of sp³-hybridized carbons (Fsp3) is 0.333. The molecule has 0 unspecified atom stereocenters. The molecule has 6 heteroatoms. The molecule has 1 aliphatic rings. The van der Waals surface area contributed by atoms with Gasteiger partial charge in [-0.3, -0.25) is 9.59 Å². The van der Waals surface area contributed by atoms with Gasteiger partial charge < -0.3 is 15.2 Å². The molecule has 110 valence electrons. The first-order chi connectivity index (χ1) is 10.1. The fourth-order valence-corrected chi connectivity index (χ4v) is 2.56. The van der Waals surface area contributed by atoms with E-state index in [0.717, 1.165) is 25.9 Å². The van der Waals surface area contributed by atoms with Crippen molar-refractivity contribution in [2.45, 2.75) is 12.8 Å². The molecule has 0 bridgehead atoms. The van der Waals surface area contributed by atoms with Crippen LogP contribution in [0.5, 0.6) is 0 Å². The number of aromatic nitrogens is 1. The van der Waals surface area contributed by atoms with Crippen LogP contribution in [0.3, 0.4) is 0 Å². The number of halogens is 1. The molecule has 5 nitrogen and oxygen atoms in total. The zero-order chi connectivity index (χ0) is 14.8. The number of nitrogens with one attached hydrogen (secondary N) is 2. The SMILES string of the molecule is O=C(NCC(=O)N1CCCC1)c1cc2cc(F)ccc2[nH]1. The molecule has 0 radical (unpaired) electrons. The molecule has 21 heavy (non-hydrogen) atoms. The molecule has 1 aromatic carbocycles. The Morgan fingerprint density at radius 1 is 1.24 bits per heavy atom. The largest absolute Gasteiger partial charge is 0.351 e. The Morgan fingerprint density at radius 3 is 2.76 bits per heavy atom. The third-order valence-corrected chi connectivity index (χ3v) is 3.69. The van der Waals surface area contributed by atoms with Crippen LogP contribution in [-0.2, 0) is 4.79 Å². The lowest BCUT2D eigenvalue weighted by atomic mass is 10.2. The number of rotatable bonds is 3. The average molecular weight is 289 g/mol. The number of amides is 2. The first-order valence-electron chi connectivity index (χ1n) is 6.98. The van der Waals surface area contributed by atoms with E-state index in [9.17, 15) is 14.0 Å². The summed E-state index contributed by atoms with van der Waals surface area (Å²) in [6.45, 7) is 1.52. The van der Waals surface area contributed by atoms with E-state index in [1.807, 2.05) is 0 Å². The zero-order valence-electron chi connectivity index (χ0n) is 11.5. The minimum absolute atomic E-state index is 0.0113. The molecule has 0 aliphatic carbocycles. The average Bonchev–Trinajstić information content (AvgIpc) is 3.12. The molecular weight excluding hydrogens is 273 g/mol. The van der Waals surface area contributed by atoms with E-state index in [1.54, 1.807) is 17.0 Å². The van der Waals surface area contributed by atoms with Gasteiger partial charge in [-0.1, -0.05) is 0 Å². The summed E-state index contributed by atoms with van der Waals surface area (Å²) in [7, 11) is 0. The smallest absolute Gasteiger partial charge is 0.268 e. The highest BCUT2D eigenvalue weighted by Crippen LogP contribution is 2.16. The third-order valence-electron chi connectivity index (χ3n) is 3.69. The standard InChI is InChI=1S/C15H16FN3O2/c16-11-3-4-12-10(7-11)8-13(18-12)15(21)17-9-14(20)19-5-1-2-6-19/h3-4,7-8,18H,1-2,5-6,9H2,(H,17,21). The molecule has 2 N–H and O–H groups in total. The molecule has 0 spiro atoms. The van der Waals surface area contributed by atoms with Gasteiger partial charge in [-0.05, 0) is 37.1 Å². The van der Waals surface area contributed by atoms with E-state index in [2.05, 4.69) is 10.3 Å². The zero-order valence-corrected chi connectivity index (χ0v) is 11.5. The van der Waals surface area contributed by atoms with Gasteiger partial charge in [0.1, 0.15) is 11.5 Å². The highest BCUT2D eigenvalue weighted by Gasteiger charge is 2.18. The Morgan fingerprint density at radius 2 is 2.00 bits per heavy atom. The van der Waals surface area contributed by atoms with Gasteiger partial charge in [-0.15, -0.1) is 0 Å². The number of hydrogen-bond donors (Lipinski definition) is 2. The first kappa shape index (κ1) is 13.6. The monoisotopic (exact) mass is 289 g/mol. The maximum atomic E-state index is 13.1. The van der Waals surface area contributed by atoms with Crippen molar-refractivity contribution >= 4 is 22.7 Å². The minimum atomic E-state index is -0.362. The lowest BCUT2D eigenvalue weighted by Crippen LogP contribution is -2.38. The lowest BCUT2D eigenvalue weighted by molar-refractivity contribution is -0.129. The summed E-state index contributed by atoms with van der Waals surface area (Å²) in [5, 5.41) is 3.23. The number of benzene rings is 1. The van der Waals surface area contributed by atoms with Crippen LogP contribution in [0.4, 0.5) is 4.39 Å². The predicted molar refractivity (Wildman–Crippen MR) is 76.4 cm³/mol. The quantitative estimate of drug-likeness (QED) is 0.902.